The lowest BCUT2D eigenvalue weighted by molar-refractivity contribution is -0.137. The van der Waals surface area contributed by atoms with Crippen LogP contribution < -0.4 is 4.72 Å². The highest BCUT2D eigenvalue weighted by Gasteiger charge is 2.32. The Balaban J connectivity index is 2.01. The number of rotatable bonds is 3. The molecule has 0 amide bonds. The van der Waals surface area contributed by atoms with Crippen molar-refractivity contribution < 1.29 is 26.3 Å². The summed E-state index contributed by atoms with van der Waals surface area (Å²) < 4.78 is 70.3. The zero-order valence-corrected chi connectivity index (χ0v) is 12.9. The number of benzene rings is 1. The minimum absolute atomic E-state index is 0.0817. The molecule has 23 heavy (non-hydrogen) atoms. The first-order chi connectivity index (χ1) is 10.6. The zero-order chi connectivity index (χ0) is 16.8. The number of hydrogen-bond donors (Lipinski definition) is 1. The van der Waals surface area contributed by atoms with Gasteiger partial charge in [0.25, 0.3) is 0 Å². The molecule has 0 fully saturated rings. The molecular formula is C13H14F3N3O3S. The number of halogens is 3. The number of aromatic nitrogens is 2. The minimum atomic E-state index is -4.44. The van der Waals surface area contributed by atoms with Crippen LogP contribution >= 0.6 is 0 Å². The lowest BCUT2D eigenvalue weighted by atomic mass is 10.2. The number of fused-ring (bicyclic) bond motifs is 3. The number of alkyl halides is 3. The molecule has 1 atom stereocenters. The van der Waals surface area contributed by atoms with Crippen LogP contribution in [0.5, 0.6) is 0 Å². The van der Waals surface area contributed by atoms with E-state index in [4.69, 9.17) is 4.74 Å². The Hall–Kier alpha value is -1.65. The molecule has 0 bridgehead atoms. The first-order valence-electron chi connectivity index (χ1n) is 6.75. The standard InChI is InChI=1S/C13H14F3N3O3S/c1-23(20,21)17-5-9-6-22-7-12-18-10-4-8(13(14,15)16)2-3-11(10)19(9)12/h2-4,9,17H,5-7H2,1H3. The second kappa shape index (κ2) is 5.46. The molecular weight excluding hydrogens is 335 g/mol. The molecule has 3 rings (SSSR count). The van der Waals surface area contributed by atoms with Gasteiger partial charge in [-0.05, 0) is 18.2 Å². The molecule has 0 spiro atoms. The highest BCUT2D eigenvalue weighted by atomic mass is 32.2. The van der Waals surface area contributed by atoms with E-state index in [0.717, 1.165) is 18.4 Å². The van der Waals surface area contributed by atoms with Crippen LogP contribution in [0.4, 0.5) is 13.2 Å². The molecule has 1 unspecified atom stereocenters. The van der Waals surface area contributed by atoms with Crippen LogP contribution in [0.1, 0.15) is 17.4 Å². The van der Waals surface area contributed by atoms with Crippen LogP contribution in [-0.4, -0.2) is 37.4 Å². The summed E-state index contributed by atoms with van der Waals surface area (Å²) in [5, 5.41) is 0. The number of hydrogen-bond acceptors (Lipinski definition) is 4. The van der Waals surface area contributed by atoms with Crippen LogP contribution in [0, 0.1) is 0 Å². The van der Waals surface area contributed by atoms with E-state index in [1.807, 2.05) is 0 Å². The van der Waals surface area contributed by atoms with Gasteiger partial charge in [-0.3, -0.25) is 0 Å². The van der Waals surface area contributed by atoms with Gasteiger partial charge in [-0.25, -0.2) is 18.1 Å². The van der Waals surface area contributed by atoms with Gasteiger partial charge in [0.1, 0.15) is 12.4 Å². The molecule has 1 N–H and O–H groups in total. The molecule has 10 heteroatoms. The molecule has 0 aliphatic carbocycles. The number of imidazole rings is 1. The SMILES string of the molecule is CS(=O)(=O)NCC1COCc2nc3cc(C(F)(F)F)ccc3n21. The molecule has 0 saturated heterocycles. The van der Waals surface area contributed by atoms with Gasteiger partial charge < -0.3 is 9.30 Å². The van der Waals surface area contributed by atoms with Crippen molar-refractivity contribution in [2.75, 3.05) is 19.4 Å². The van der Waals surface area contributed by atoms with Crippen molar-refractivity contribution in [1.29, 1.82) is 0 Å². The molecule has 6 nitrogen and oxygen atoms in total. The lowest BCUT2D eigenvalue weighted by Crippen LogP contribution is -2.35. The molecule has 126 valence electrons. The molecule has 1 aliphatic rings. The van der Waals surface area contributed by atoms with Gasteiger partial charge in [0.2, 0.25) is 10.0 Å². The summed E-state index contributed by atoms with van der Waals surface area (Å²) in [6.45, 7) is 0.506. The fourth-order valence-corrected chi connectivity index (χ4v) is 3.09. The zero-order valence-electron chi connectivity index (χ0n) is 12.1. The smallest absolute Gasteiger partial charge is 0.371 e. The van der Waals surface area contributed by atoms with Crippen molar-refractivity contribution in [2.24, 2.45) is 0 Å². The maximum atomic E-state index is 12.8. The van der Waals surface area contributed by atoms with Gasteiger partial charge in [0, 0.05) is 6.54 Å². The average molecular weight is 349 g/mol. The first kappa shape index (κ1) is 16.2. The number of nitrogens with one attached hydrogen (secondary N) is 1. The number of ether oxygens (including phenoxy) is 1. The summed E-state index contributed by atoms with van der Waals surface area (Å²) in [5.41, 5.74) is -0.0338. The topological polar surface area (TPSA) is 73.2 Å². The summed E-state index contributed by atoms with van der Waals surface area (Å²) in [4.78, 5) is 4.18. The normalized spacial score (nSPS) is 19.0. The Morgan fingerprint density at radius 3 is 2.83 bits per heavy atom. The van der Waals surface area contributed by atoms with E-state index in [-0.39, 0.29) is 31.3 Å². The van der Waals surface area contributed by atoms with Gasteiger partial charge in [0.15, 0.2) is 0 Å². The van der Waals surface area contributed by atoms with Gasteiger partial charge in [0.05, 0.1) is 35.5 Å². The van der Waals surface area contributed by atoms with E-state index >= 15 is 0 Å². The van der Waals surface area contributed by atoms with E-state index in [2.05, 4.69) is 9.71 Å². The van der Waals surface area contributed by atoms with E-state index in [1.165, 1.54) is 6.07 Å². The number of sulfonamides is 1. The van der Waals surface area contributed by atoms with Crippen LogP contribution in [0.2, 0.25) is 0 Å². The molecule has 1 aliphatic heterocycles. The lowest BCUT2D eigenvalue weighted by Gasteiger charge is -2.26. The third kappa shape index (κ3) is 3.33. The van der Waals surface area contributed by atoms with Gasteiger partial charge >= 0.3 is 6.18 Å². The maximum Gasteiger partial charge on any atom is 0.416 e. The second-order valence-corrected chi connectivity index (χ2v) is 7.22. The fraction of sp³-hybridized carbons (Fsp3) is 0.462. The van der Waals surface area contributed by atoms with Crippen molar-refractivity contribution in [2.45, 2.75) is 18.8 Å². The molecule has 2 aromatic rings. The maximum absolute atomic E-state index is 12.8. The summed E-state index contributed by atoms with van der Waals surface area (Å²) in [7, 11) is -3.38. The van der Waals surface area contributed by atoms with Gasteiger partial charge in [-0.15, -0.1) is 0 Å². The first-order valence-corrected chi connectivity index (χ1v) is 8.65. The largest absolute Gasteiger partial charge is 0.416 e. The Bertz CT molecular complexity index is 845. The van der Waals surface area contributed by atoms with Crippen LogP contribution in [0.3, 0.4) is 0 Å². The third-order valence-corrected chi connectivity index (χ3v) is 4.27. The predicted octanol–water partition coefficient (Wildman–Crippen LogP) is 1.68. The molecule has 1 aromatic heterocycles. The summed E-state index contributed by atoms with van der Waals surface area (Å²) in [6.07, 6.45) is -3.40. The van der Waals surface area contributed by atoms with Crippen molar-refractivity contribution >= 4 is 21.1 Å². The number of nitrogens with zero attached hydrogens (tertiary/aromatic N) is 2. The second-order valence-electron chi connectivity index (χ2n) is 5.39. The van der Waals surface area contributed by atoms with Crippen molar-refractivity contribution in [1.82, 2.24) is 14.3 Å². The summed E-state index contributed by atoms with van der Waals surface area (Å²) in [5.74, 6) is 0.478. The average Bonchev–Trinajstić information content (AvgIpc) is 2.81. The molecule has 2 heterocycles. The van der Waals surface area contributed by atoms with Crippen molar-refractivity contribution in [3.63, 3.8) is 0 Å². The van der Waals surface area contributed by atoms with E-state index in [9.17, 15) is 21.6 Å². The van der Waals surface area contributed by atoms with Gasteiger partial charge in [-0.2, -0.15) is 13.2 Å². The molecule has 1 aromatic carbocycles. The highest BCUT2D eigenvalue weighted by molar-refractivity contribution is 7.88. The Labute approximate surface area is 130 Å². The summed E-state index contributed by atoms with van der Waals surface area (Å²) in [6, 6.07) is 2.97. The predicted molar refractivity (Wildman–Crippen MR) is 76.3 cm³/mol. The Kier molecular flexibility index (Phi) is 3.85. The van der Waals surface area contributed by atoms with Crippen LogP contribution in [-0.2, 0) is 27.5 Å². The quantitative estimate of drug-likeness (QED) is 0.915. The van der Waals surface area contributed by atoms with Crippen molar-refractivity contribution in [3.05, 3.63) is 29.6 Å². The summed E-state index contributed by atoms with van der Waals surface area (Å²) >= 11 is 0. The fourth-order valence-electron chi connectivity index (χ4n) is 2.59. The third-order valence-electron chi connectivity index (χ3n) is 3.58. The van der Waals surface area contributed by atoms with E-state index in [0.29, 0.717) is 11.3 Å². The monoisotopic (exact) mass is 349 g/mol. The van der Waals surface area contributed by atoms with E-state index < -0.39 is 21.8 Å². The van der Waals surface area contributed by atoms with E-state index in [1.54, 1.807) is 4.57 Å². The Morgan fingerprint density at radius 2 is 2.17 bits per heavy atom. The van der Waals surface area contributed by atoms with Crippen LogP contribution in [0.15, 0.2) is 18.2 Å². The van der Waals surface area contributed by atoms with Crippen molar-refractivity contribution in [3.8, 4) is 0 Å². The molecule has 0 saturated carbocycles. The molecule has 0 radical (unpaired) electrons. The van der Waals surface area contributed by atoms with Gasteiger partial charge in [-0.1, -0.05) is 0 Å². The van der Waals surface area contributed by atoms with Crippen LogP contribution in [0.25, 0.3) is 11.0 Å². The Morgan fingerprint density at radius 1 is 1.43 bits per heavy atom. The highest BCUT2D eigenvalue weighted by Crippen LogP contribution is 2.33. The minimum Gasteiger partial charge on any atom is -0.371 e.